The zero-order valence-corrected chi connectivity index (χ0v) is 24.3. The van der Waals surface area contributed by atoms with Gasteiger partial charge in [0.1, 0.15) is 18.3 Å². The lowest BCUT2D eigenvalue weighted by atomic mass is 10.0. The van der Waals surface area contributed by atoms with Crippen LogP contribution in [0, 0.1) is 6.92 Å². The van der Waals surface area contributed by atoms with Crippen LogP contribution in [0.3, 0.4) is 0 Å². The van der Waals surface area contributed by atoms with Gasteiger partial charge in [-0.3, -0.25) is 13.9 Å². The summed E-state index contributed by atoms with van der Waals surface area (Å²) < 4.78 is 33.1. The van der Waals surface area contributed by atoms with Gasteiger partial charge in [0.05, 0.1) is 19.1 Å². The van der Waals surface area contributed by atoms with E-state index in [0.717, 1.165) is 31.7 Å². The number of rotatable bonds is 11. The Bertz CT molecular complexity index is 1380. The summed E-state index contributed by atoms with van der Waals surface area (Å²) in [4.78, 5) is 28.6. The number of benzene rings is 3. The van der Waals surface area contributed by atoms with E-state index < -0.39 is 28.5 Å². The molecule has 10 heteroatoms. The molecule has 1 atom stereocenters. The Balaban J connectivity index is 2.07. The molecule has 0 aliphatic carbocycles. The predicted octanol–water partition coefficient (Wildman–Crippen LogP) is 3.92. The first-order chi connectivity index (χ1) is 18.0. The first-order valence-corrected chi connectivity index (χ1v) is 14.6. The molecule has 0 aliphatic heterocycles. The molecule has 3 rings (SSSR count). The smallest absolute Gasteiger partial charge is 0.244 e. The van der Waals surface area contributed by atoms with Crippen LogP contribution in [0.4, 0.5) is 5.69 Å². The second-order valence-corrected chi connectivity index (χ2v) is 11.7. The van der Waals surface area contributed by atoms with Gasteiger partial charge in [-0.1, -0.05) is 64.5 Å². The van der Waals surface area contributed by atoms with E-state index in [2.05, 4.69) is 21.2 Å². The van der Waals surface area contributed by atoms with E-state index in [1.165, 1.54) is 19.1 Å². The number of sulfonamides is 1. The number of carbonyl (C=O) groups is 2. The van der Waals surface area contributed by atoms with Gasteiger partial charge in [0.2, 0.25) is 21.8 Å². The van der Waals surface area contributed by atoms with Crippen LogP contribution in [0.25, 0.3) is 0 Å². The molecule has 38 heavy (non-hydrogen) atoms. The summed E-state index contributed by atoms with van der Waals surface area (Å²) in [5, 5.41) is 2.66. The van der Waals surface area contributed by atoms with E-state index in [4.69, 9.17) is 4.74 Å². The normalized spacial score (nSPS) is 11.9. The Hall–Kier alpha value is -3.37. The number of nitrogens with zero attached hydrogens (tertiary/aromatic N) is 2. The molecule has 0 unspecified atom stereocenters. The zero-order valence-electron chi connectivity index (χ0n) is 21.8. The van der Waals surface area contributed by atoms with E-state index in [9.17, 15) is 18.0 Å². The van der Waals surface area contributed by atoms with Crippen molar-refractivity contribution in [1.82, 2.24) is 10.2 Å². The Morgan fingerprint density at radius 3 is 2.29 bits per heavy atom. The molecular formula is C28H32BrN3O5S. The molecule has 2 amide bonds. The number of amides is 2. The van der Waals surface area contributed by atoms with Crippen molar-refractivity contribution in [2.45, 2.75) is 25.9 Å². The van der Waals surface area contributed by atoms with E-state index >= 15 is 0 Å². The Kier molecular flexibility index (Phi) is 9.93. The summed E-state index contributed by atoms with van der Waals surface area (Å²) in [6.45, 7) is 1.42. The zero-order chi connectivity index (χ0) is 27.9. The average Bonchev–Trinajstić information content (AvgIpc) is 2.88. The minimum absolute atomic E-state index is 0.103. The van der Waals surface area contributed by atoms with E-state index in [1.54, 1.807) is 18.2 Å². The van der Waals surface area contributed by atoms with Crippen molar-refractivity contribution in [2.75, 3.05) is 31.3 Å². The third kappa shape index (κ3) is 7.58. The van der Waals surface area contributed by atoms with Crippen molar-refractivity contribution in [3.05, 3.63) is 94.0 Å². The van der Waals surface area contributed by atoms with Gasteiger partial charge in [-0.2, -0.15) is 0 Å². The van der Waals surface area contributed by atoms with Crippen molar-refractivity contribution >= 4 is 43.5 Å². The molecule has 0 spiro atoms. The number of carbonyl (C=O) groups excluding carboxylic acids is 2. The molecule has 0 saturated heterocycles. The summed E-state index contributed by atoms with van der Waals surface area (Å²) in [5.74, 6) is -0.556. The number of hydrogen-bond donors (Lipinski definition) is 1. The van der Waals surface area contributed by atoms with Crippen LogP contribution in [0.15, 0.2) is 77.3 Å². The lowest BCUT2D eigenvalue weighted by molar-refractivity contribution is -0.139. The average molecular weight is 603 g/mol. The van der Waals surface area contributed by atoms with Crippen LogP contribution in [0.1, 0.15) is 16.7 Å². The highest BCUT2D eigenvalue weighted by Gasteiger charge is 2.33. The Morgan fingerprint density at radius 1 is 1.00 bits per heavy atom. The monoisotopic (exact) mass is 601 g/mol. The van der Waals surface area contributed by atoms with Gasteiger partial charge in [0, 0.05) is 24.5 Å². The maximum Gasteiger partial charge on any atom is 0.244 e. The summed E-state index contributed by atoms with van der Waals surface area (Å²) in [5.41, 5.74) is 2.72. The van der Waals surface area contributed by atoms with Crippen molar-refractivity contribution in [2.24, 2.45) is 0 Å². The third-order valence-electron chi connectivity index (χ3n) is 6.04. The van der Waals surface area contributed by atoms with Crippen LogP contribution in [0.5, 0.6) is 5.75 Å². The molecule has 0 aliphatic rings. The minimum Gasteiger partial charge on any atom is -0.495 e. The number of methoxy groups -OCH3 is 1. The number of halogens is 1. The maximum absolute atomic E-state index is 14.0. The molecule has 1 N–H and O–H groups in total. The molecule has 0 saturated carbocycles. The van der Waals surface area contributed by atoms with Crippen LogP contribution in [-0.4, -0.2) is 58.1 Å². The molecule has 0 heterocycles. The molecule has 0 bridgehead atoms. The van der Waals surface area contributed by atoms with Gasteiger partial charge < -0.3 is 15.0 Å². The van der Waals surface area contributed by atoms with Gasteiger partial charge in [-0.05, 0) is 47.9 Å². The largest absolute Gasteiger partial charge is 0.495 e. The van der Waals surface area contributed by atoms with E-state index in [0.29, 0.717) is 5.75 Å². The van der Waals surface area contributed by atoms with Gasteiger partial charge in [0.25, 0.3) is 0 Å². The van der Waals surface area contributed by atoms with Gasteiger partial charge in [-0.15, -0.1) is 0 Å². The van der Waals surface area contributed by atoms with Crippen molar-refractivity contribution < 1.29 is 22.7 Å². The van der Waals surface area contributed by atoms with Gasteiger partial charge in [-0.25, -0.2) is 8.42 Å². The fraction of sp³-hybridized carbons (Fsp3) is 0.286. The SMILES string of the molecule is CNC(=O)[C@H](Cc1ccccc1)N(Cc1cccc(Br)c1)C(=O)CN(c1cc(C)ccc1OC)S(C)(=O)=O. The van der Waals surface area contributed by atoms with Crippen molar-refractivity contribution in [1.29, 1.82) is 0 Å². The second kappa shape index (κ2) is 12.9. The van der Waals surface area contributed by atoms with Crippen molar-refractivity contribution in [3.8, 4) is 5.75 Å². The predicted molar refractivity (Wildman–Crippen MR) is 153 cm³/mol. The number of nitrogens with one attached hydrogen (secondary N) is 1. The van der Waals surface area contributed by atoms with Crippen LogP contribution >= 0.6 is 15.9 Å². The Morgan fingerprint density at radius 2 is 1.68 bits per heavy atom. The summed E-state index contributed by atoms with van der Waals surface area (Å²) in [6, 6.07) is 21.0. The number of aryl methyl sites for hydroxylation is 1. The molecule has 3 aromatic rings. The van der Waals surface area contributed by atoms with E-state index in [1.807, 2.05) is 61.5 Å². The fourth-order valence-corrected chi connectivity index (χ4v) is 5.43. The number of hydrogen-bond acceptors (Lipinski definition) is 5. The highest BCUT2D eigenvalue weighted by Crippen LogP contribution is 2.31. The molecule has 8 nitrogen and oxygen atoms in total. The molecular weight excluding hydrogens is 570 g/mol. The van der Waals surface area contributed by atoms with Gasteiger partial charge >= 0.3 is 0 Å². The van der Waals surface area contributed by atoms with E-state index in [-0.39, 0.29) is 24.6 Å². The summed E-state index contributed by atoms with van der Waals surface area (Å²) >= 11 is 3.46. The third-order valence-corrected chi connectivity index (χ3v) is 7.66. The maximum atomic E-state index is 14.0. The molecule has 0 fully saturated rings. The second-order valence-electron chi connectivity index (χ2n) is 8.92. The topological polar surface area (TPSA) is 96.0 Å². The number of likely N-dealkylation sites (N-methyl/N-ethyl adjacent to an activating group) is 1. The Labute approximate surface area is 232 Å². The first kappa shape index (κ1) is 29.2. The summed E-state index contributed by atoms with van der Waals surface area (Å²) in [7, 11) is -0.930. The lowest BCUT2D eigenvalue weighted by Gasteiger charge is -2.33. The minimum atomic E-state index is -3.89. The molecule has 0 radical (unpaired) electrons. The summed E-state index contributed by atoms with van der Waals surface area (Å²) in [6.07, 6.45) is 1.30. The van der Waals surface area contributed by atoms with Crippen LogP contribution in [0.2, 0.25) is 0 Å². The first-order valence-electron chi connectivity index (χ1n) is 11.9. The van der Waals surface area contributed by atoms with Crippen molar-refractivity contribution in [3.63, 3.8) is 0 Å². The van der Waals surface area contributed by atoms with Crippen LogP contribution < -0.4 is 14.4 Å². The standard InChI is InChI=1S/C28H32BrN3O5S/c1-20-13-14-26(37-3)24(15-20)32(38(4,35)36)19-27(33)31(18-22-11-8-12-23(29)16-22)25(28(34)30-2)17-21-9-6-5-7-10-21/h5-16,25H,17-19H2,1-4H3,(H,30,34)/t25-/m0/s1. The molecule has 3 aromatic carbocycles. The van der Waals surface area contributed by atoms with Gasteiger partial charge in [0.15, 0.2) is 0 Å². The van der Waals surface area contributed by atoms with Crippen LogP contribution in [-0.2, 0) is 32.6 Å². The molecule has 0 aromatic heterocycles. The molecule has 202 valence electrons. The highest BCUT2D eigenvalue weighted by molar-refractivity contribution is 9.10. The quantitative estimate of drug-likeness (QED) is 0.359. The number of anilines is 1. The fourth-order valence-electron chi connectivity index (χ4n) is 4.14. The lowest BCUT2D eigenvalue weighted by Crippen LogP contribution is -2.52. The number of ether oxygens (including phenoxy) is 1. The highest BCUT2D eigenvalue weighted by atomic mass is 79.9.